The Bertz CT molecular complexity index is 548. The van der Waals surface area contributed by atoms with Crippen LogP contribution in [0.15, 0.2) is 27.8 Å². The molecule has 0 saturated heterocycles. The minimum absolute atomic E-state index is 0.0630. The molecule has 19 heavy (non-hydrogen) atoms. The van der Waals surface area contributed by atoms with Crippen molar-refractivity contribution in [1.82, 2.24) is 14.6 Å². The number of likely N-dealkylation sites (N-methyl/N-ethyl adjacent to an activating group) is 2. The summed E-state index contributed by atoms with van der Waals surface area (Å²) in [6.45, 7) is 3.95. The van der Waals surface area contributed by atoms with E-state index in [2.05, 4.69) is 26.2 Å². The Kier molecular flexibility index (Phi) is 5.89. The van der Waals surface area contributed by atoms with Crippen molar-refractivity contribution >= 4 is 31.9 Å². The van der Waals surface area contributed by atoms with Crippen LogP contribution in [0.3, 0.4) is 0 Å². The first kappa shape index (κ1) is 16.1. The van der Waals surface area contributed by atoms with Crippen LogP contribution in [0.1, 0.15) is 13.8 Å². The predicted octanol–water partition coefficient (Wildman–Crippen LogP) is 0.991. The number of nitrogens with one attached hydrogen (secondary N) is 1. The lowest BCUT2D eigenvalue weighted by atomic mass is 10.5. The summed E-state index contributed by atoms with van der Waals surface area (Å²) in [6.07, 6.45) is 2.76. The SMILES string of the molecule is CCNC(=O)CN(CC)S(=O)(=O)c1cncc(Br)c1. The van der Waals surface area contributed by atoms with Gasteiger partial charge < -0.3 is 5.32 Å². The third-order valence-corrected chi connectivity index (χ3v) is 4.68. The Morgan fingerprint density at radius 1 is 1.42 bits per heavy atom. The molecule has 0 fully saturated rings. The van der Waals surface area contributed by atoms with Crippen LogP contribution in [0.5, 0.6) is 0 Å². The van der Waals surface area contributed by atoms with Crippen LogP contribution in [0.25, 0.3) is 0 Å². The minimum atomic E-state index is -3.71. The van der Waals surface area contributed by atoms with Gasteiger partial charge in [0.1, 0.15) is 4.90 Å². The molecule has 8 heteroatoms. The molecule has 6 nitrogen and oxygen atoms in total. The summed E-state index contributed by atoms with van der Waals surface area (Å²) in [5, 5.41) is 2.58. The van der Waals surface area contributed by atoms with Gasteiger partial charge in [-0.2, -0.15) is 4.31 Å². The molecule has 0 atom stereocenters. The van der Waals surface area contributed by atoms with Gasteiger partial charge in [-0.05, 0) is 28.9 Å². The number of halogens is 1. The molecule has 0 unspecified atom stereocenters. The van der Waals surface area contributed by atoms with Crippen LogP contribution >= 0.6 is 15.9 Å². The zero-order valence-electron chi connectivity index (χ0n) is 10.8. The molecule has 1 heterocycles. The highest BCUT2D eigenvalue weighted by atomic mass is 79.9. The molecule has 0 aliphatic rings. The molecule has 1 aromatic rings. The molecule has 0 saturated carbocycles. The van der Waals surface area contributed by atoms with Crippen molar-refractivity contribution in [3.8, 4) is 0 Å². The van der Waals surface area contributed by atoms with Gasteiger partial charge in [-0.3, -0.25) is 9.78 Å². The van der Waals surface area contributed by atoms with E-state index in [9.17, 15) is 13.2 Å². The first-order valence-electron chi connectivity index (χ1n) is 5.79. The van der Waals surface area contributed by atoms with E-state index < -0.39 is 10.0 Å². The van der Waals surface area contributed by atoms with Gasteiger partial charge in [0.05, 0.1) is 6.54 Å². The van der Waals surface area contributed by atoms with Gasteiger partial charge in [0.25, 0.3) is 0 Å². The van der Waals surface area contributed by atoms with Crippen molar-refractivity contribution in [1.29, 1.82) is 0 Å². The number of rotatable bonds is 6. The number of hydrogen-bond acceptors (Lipinski definition) is 4. The number of sulfonamides is 1. The van der Waals surface area contributed by atoms with E-state index in [-0.39, 0.29) is 23.9 Å². The lowest BCUT2D eigenvalue weighted by molar-refractivity contribution is -0.121. The standard InChI is InChI=1S/C11H16BrN3O3S/c1-3-14-11(16)8-15(4-2)19(17,18)10-5-9(12)6-13-7-10/h5-7H,3-4,8H2,1-2H3,(H,14,16). The second-order valence-electron chi connectivity index (χ2n) is 3.72. The smallest absolute Gasteiger partial charge is 0.245 e. The molecule has 1 N–H and O–H groups in total. The van der Waals surface area contributed by atoms with Gasteiger partial charge in [-0.25, -0.2) is 8.42 Å². The Labute approximate surface area is 121 Å². The summed E-state index contributed by atoms with van der Waals surface area (Å²) in [4.78, 5) is 15.4. The molecule has 0 bridgehead atoms. The molecule has 0 spiro atoms. The number of carbonyl (C=O) groups excluding carboxylic acids is 1. The summed E-state index contributed by atoms with van der Waals surface area (Å²) in [5.74, 6) is -0.323. The normalized spacial score (nSPS) is 11.6. The van der Waals surface area contributed by atoms with Crippen molar-refractivity contribution in [2.24, 2.45) is 0 Å². The fourth-order valence-corrected chi connectivity index (χ4v) is 3.37. The second kappa shape index (κ2) is 6.97. The summed E-state index contributed by atoms with van der Waals surface area (Å²) < 4.78 is 26.4. The van der Waals surface area contributed by atoms with Gasteiger partial charge in [0, 0.05) is 30.0 Å². The molecule has 0 aliphatic heterocycles. The van der Waals surface area contributed by atoms with Crippen LogP contribution in [-0.4, -0.2) is 43.2 Å². The van der Waals surface area contributed by atoms with E-state index in [0.717, 1.165) is 4.31 Å². The lowest BCUT2D eigenvalue weighted by Gasteiger charge is -2.19. The van der Waals surface area contributed by atoms with Gasteiger partial charge in [0.2, 0.25) is 15.9 Å². The van der Waals surface area contributed by atoms with E-state index in [0.29, 0.717) is 11.0 Å². The maximum atomic E-state index is 12.3. The first-order valence-corrected chi connectivity index (χ1v) is 8.02. The van der Waals surface area contributed by atoms with Gasteiger partial charge in [-0.1, -0.05) is 6.92 Å². The number of nitrogens with zero attached hydrogens (tertiary/aromatic N) is 2. The number of carbonyl (C=O) groups is 1. The van der Waals surface area contributed by atoms with E-state index in [4.69, 9.17) is 0 Å². The zero-order valence-corrected chi connectivity index (χ0v) is 13.2. The van der Waals surface area contributed by atoms with Crippen LogP contribution in [-0.2, 0) is 14.8 Å². The van der Waals surface area contributed by atoms with Crippen molar-refractivity contribution in [3.63, 3.8) is 0 Å². The molecule has 1 aromatic heterocycles. The first-order chi connectivity index (χ1) is 8.91. The lowest BCUT2D eigenvalue weighted by Crippen LogP contribution is -2.40. The Hall–Kier alpha value is -0.990. The number of aromatic nitrogens is 1. The average Bonchev–Trinajstić information content (AvgIpc) is 2.36. The number of hydrogen-bond donors (Lipinski definition) is 1. The molecule has 1 rings (SSSR count). The van der Waals surface area contributed by atoms with E-state index in [1.54, 1.807) is 13.8 Å². The molecule has 0 radical (unpaired) electrons. The molecule has 1 amide bonds. The predicted molar refractivity (Wildman–Crippen MR) is 75.1 cm³/mol. The highest BCUT2D eigenvalue weighted by Gasteiger charge is 2.25. The summed E-state index contributed by atoms with van der Waals surface area (Å²) in [6, 6.07) is 1.46. The van der Waals surface area contributed by atoms with Crippen molar-refractivity contribution in [3.05, 3.63) is 22.9 Å². The maximum Gasteiger partial charge on any atom is 0.245 e. The maximum absolute atomic E-state index is 12.3. The Morgan fingerprint density at radius 3 is 2.63 bits per heavy atom. The van der Waals surface area contributed by atoms with Crippen molar-refractivity contribution in [2.45, 2.75) is 18.7 Å². The monoisotopic (exact) mass is 349 g/mol. The topological polar surface area (TPSA) is 79.4 Å². The summed E-state index contributed by atoms with van der Waals surface area (Å²) in [5.41, 5.74) is 0. The molecule has 0 aromatic carbocycles. The fraction of sp³-hybridized carbons (Fsp3) is 0.455. The quantitative estimate of drug-likeness (QED) is 0.830. The van der Waals surface area contributed by atoms with Gasteiger partial charge in [0.15, 0.2) is 0 Å². The van der Waals surface area contributed by atoms with Crippen molar-refractivity contribution in [2.75, 3.05) is 19.6 Å². The van der Waals surface area contributed by atoms with E-state index in [1.807, 2.05) is 0 Å². The summed E-state index contributed by atoms with van der Waals surface area (Å²) >= 11 is 3.18. The third-order valence-electron chi connectivity index (χ3n) is 2.36. The Morgan fingerprint density at radius 2 is 2.11 bits per heavy atom. The Balaban J connectivity index is 2.99. The molecule has 106 valence electrons. The highest BCUT2D eigenvalue weighted by Crippen LogP contribution is 2.18. The van der Waals surface area contributed by atoms with Gasteiger partial charge >= 0.3 is 0 Å². The second-order valence-corrected chi connectivity index (χ2v) is 6.58. The number of pyridine rings is 1. The van der Waals surface area contributed by atoms with Gasteiger partial charge in [-0.15, -0.1) is 0 Å². The highest BCUT2D eigenvalue weighted by molar-refractivity contribution is 9.10. The van der Waals surface area contributed by atoms with Crippen LogP contribution < -0.4 is 5.32 Å². The summed E-state index contributed by atoms with van der Waals surface area (Å²) in [7, 11) is -3.71. The molecular formula is C11H16BrN3O3S. The van der Waals surface area contributed by atoms with Crippen LogP contribution in [0, 0.1) is 0 Å². The fourth-order valence-electron chi connectivity index (χ4n) is 1.46. The largest absolute Gasteiger partial charge is 0.355 e. The van der Waals surface area contributed by atoms with Crippen LogP contribution in [0.4, 0.5) is 0 Å². The third kappa shape index (κ3) is 4.26. The number of amides is 1. The molecule has 0 aliphatic carbocycles. The zero-order chi connectivity index (χ0) is 14.5. The average molecular weight is 350 g/mol. The van der Waals surface area contributed by atoms with Crippen LogP contribution in [0.2, 0.25) is 0 Å². The van der Waals surface area contributed by atoms with E-state index in [1.165, 1.54) is 18.5 Å². The molecular weight excluding hydrogens is 334 g/mol. The minimum Gasteiger partial charge on any atom is -0.355 e. The van der Waals surface area contributed by atoms with Crippen molar-refractivity contribution < 1.29 is 13.2 Å². The van der Waals surface area contributed by atoms with E-state index >= 15 is 0 Å².